The van der Waals surface area contributed by atoms with Crippen molar-refractivity contribution in [1.82, 2.24) is 5.43 Å². The highest BCUT2D eigenvalue weighted by molar-refractivity contribution is 5.76. The molecule has 23 heavy (non-hydrogen) atoms. The number of carbonyl (C=O) groups is 1. The highest BCUT2D eigenvalue weighted by atomic mass is 16.2. The Kier molecular flexibility index (Phi) is 6.00. The molecule has 0 aromatic heterocycles. The van der Waals surface area contributed by atoms with Gasteiger partial charge in [0.25, 0.3) is 0 Å². The summed E-state index contributed by atoms with van der Waals surface area (Å²) in [5.41, 5.74) is 5.35. The van der Waals surface area contributed by atoms with Crippen LogP contribution < -0.4 is 21.5 Å². The van der Waals surface area contributed by atoms with E-state index < -0.39 is 0 Å². The van der Waals surface area contributed by atoms with Gasteiger partial charge in [-0.25, -0.2) is 5.84 Å². The van der Waals surface area contributed by atoms with Gasteiger partial charge in [0, 0.05) is 36.1 Å². The Hall–Kier alpha value is -2.53. The largest absolute Gasteiger partial charge is 0.369 e. The van der Waals surface area contributed by atoms with E-state index in [-0.39, 0.29) is 5.91 Å². The molecule has 0 spiro atoms. The third-order valence-corrected chi connectivity index (χ3v) is 3.63. The van der Waals surface area contributed by atoms with E-state index in [0.717, 1.165) is 17.1 Å². The van der Waals surface area contributed by atoms with E-state index in [1.165, 1.54) is 0 Å². The average molecular weight is 312 g/mol. The van der Waals surface area contributed by atoms with Crippen molar-refractivity contribution in [1.29, 1.82) is 0 Å². The second-order valence-corrected chi connectivity index (χ2v) is 5.64. The predicted molar refractivity (Wildman–Crippen MR) is 95.6 cm³/mol. The van der Waals surface area contributed by atoms with E-state index in [1.807, 2.05) is 42.5 Å². The molecule has 0 saturated heterocycles. The summed E-state index contributed by atoms with van der Waals surface area (Å²) in [6.07, 6.45) is 0.374. The first-order valence-electron chi connectivity index (χ1n) is 7.78. The van der Waals surface area contributed by atoms with Crippen molar-refractivity contribution in [2.45, 2.75) is 26.3 Å². The van der Waals surface area contributed by atoms with Gasteiger partial charge in [-0.15, -0.1) is 0 Å². The number of nitrogens with one attached hydrogen (secondary N) is 2. The van der Waals surface area contributed by atoms with Gasteiger partial charge in [0.05, 0.1) is 0 Å². The Balaban J connectivity index is 2.05. The fourth-order valence-corrected chi connectivity index (χ4v) is 2.40. The van der Waals surface area contributed by atoms with Crippen LogP contribution in [0.4, 0.5) is 17.1 Å². The average Bonchev–Trinajstić information content (AvgIpc) is 2.57. The second-order valence-electron chi connectivity index (χ2n) is 5.64. The number of hydrogen-bond donors (Lipinski definition) is 3. The lowest BCUT2D eigenvalue weighted by Crippen LogP contribution is -2.37. The molecule has 122 valence electrons. The number of hydrazine groups is 1. The van der Waals surface area contributed by atoms with Crippen molar-refractivity contribution < 1.29 is 4.79 Å². The minimum atomic E-state index is -0.155. The molecule has 0 radical (unpaired) electrons. The molecule has 0 aliphatic heterocycles. The molecular formula is C18H24N4O. The third kappa shape index (κ3) is 5.00. The normalized spacial score (nSPS) is 10.4. The predicted octanol–water partition coefficient (Wildman–Crippen LogP) is 3.03. The zero-order valence-corrected chi connectivity index (χ0v) is 13.6. The van der Waals surface area contributed by atoms with Crippen LogP contribution in [0.5, 0.6) is 0 Å². The van der Waals surface area contributed by atoms with Gasteiger partial charge in [0.15, 0.2) is 0 Å². The van der Waals surface area contributed by atoms with Crippen molar-refractivity contribution in [3.63, 3.8) is 0 Å². The Morgan fingerprint density at radius 1 is 1.04 bits per heavy atom. The summed E-state index contributed by atoms with van der Waals surface area (Å²) in [6, 6.07) is 18.6. The first-order valence-corrected chi connectivity index (χ1v) is 7.78. The first kappa shape index (κ1) is 16.8. The molecule has 1 amide bonds. The van der Waals surface area contributed by atoms with E-state index in [4.69, 9.17) is 5.84 Å². The van der Waals surface area contributed by atoms with Crippen molar-refractivity contribution >= 4 is 23.0 Å². The topological polar surface area (TPSA) is 70.4 Å². The van der Waals surface area contributed by atoms with E-state index in [9.17, 15) is 4.79 Å². The lowest BCUT2D eigenvalue weighted by atomic mass is 10.2. The second kappa shape index (κ2) is 8.19. The number of para-hydroxylation sites is 1. The fraction of sp³-hybridized carbons (Fsp3) is 0.278. The molecule has 0 aliphatic rings. The Labute approximate surface area is 137 Å². The minimum Gasteiger partial charge on any atom is -0.369 e. The van der Waals surface area contributed by atoms with E-state index in [0.29, 0.717) is 19.0 Å². The molecule has 0 bridgehead atoms. The molecule has 2 rings (SSSR count). The van der Waals surface area contributed by atoms with Gasteiger partial charge >= 0.3 is 0 Å². The zero-order chi connectivity index (χ0) is 16.7. The number of anilines is 3. The van der Waals surface area contributed by atoms with Crippen LogP contribution in [0.15, 0.2) is 54.6 Å². The maximum absolute atomic E-state index is 11.4. The van der Waals surface area contributed by atoms with Crippen LogP contribution >= 0.6 is 0 Å². The monoisotopic (exact) mass is 312 g/mol. The van der Waals surface area contributed by atoms with E-state index >= 15 is 0 Å². The molecule has 0 heterocycles. The van der Waals surface area contributed by atoms with Crippen molar-refractivity contribution in [2.75, 3.05) is 16.8 Å². The fourth-order valence-electron chi connectivity index (χ4n) is 2.40. The molecule has 0 unspecified atom stereocenters. The van der Waals surface area contributed by atoms with Crippen molar-refractivity contribution in [3.05, 3.63) is 54.6 Å². The van der Waals surface area contributed by atoms with Gasteiger partial charge < -0.3 is 10.2 Å². The maximum atomic E-state index is 11.4. The Bertz CT molecular complexity index is 611. The molecule has 0 fully saturated rings. The summed E-state index contributed by atoms with van der Waals surface area (Å²) in [6.45, 7) is 4.85. The van der Waals surface area contributed by atoms with Crippen LogP contribution in [0.25, 0.3) is 0 Å². The number of nitrogens with zero attached hydrogens (tertiary/aromatic N) is 1. The number of carbonyl (C=O) groups excluding carboxylic acids is 1. The molecule has 5 heteroatoms. The summed E-state index contributed by atoms with van der Waals surface area (Å²) in [5, 5.41) is 3.36. The van der Waals surface area contributed by atoms with Crippen LogP contribution in [0, 0.1) is 0 Å². The summed E-state index contributed by atoms with van der Waals surface area (Å²) in [7, 11) is 0. The number of hydrogen-bond acceptors (Lipinski definition) is 4. The highest BCUT2D eigenvalue weighted by Gasteiger charge is 2.12. The van der Waals surface area contributed by atoms with Gasteiger partial charge in [-0.3, -0.25) is 10.2 Å². The molecule has 2 aromatic rings. The molecular weight excluding hydrogens is 288 g/mol. The Morgan fingerprint density at radius 2 is 1.65 bits per heavy atom. The van der Waals surface area contributed by atoms with Crippen LogP contribution in [-0.4, -0.2) is 18.5 Å². The molecule has 2 aromatic carbocycles. The SMILES string of the molecule is CC(C)N(CCC(=O)NN)c1ccc(Nc2ccccc2)cc1. The van der Waals surface area contributed by atoms with Crippen LogP contribution in [0.1, 0.15) is 20.3 Å². The lowest BCUT2D eigenvalue weighted by molar-refractivity contribution is -0.120. The van der Waals surface area contributed by atoms with E-state index in [1.54, 1.807) is 0 Å². The quantitative estimate of drug-likeness (QED) is 0.417. The van der Waals surface area contributed by atoms with Gasteiger partial charge in [-0.05, 0) is 50.2 Å². The van der Waals surface area contributed by atoms with Crippen LogP contribution in [0.2, 0.25) is 0 Å². The third-order valence-electron chi connectivity index (χ3n) is 3.63. The summed E-state index contributed by atoms with van der Waals surface area (Å²) in [5.74, 6) is 4.99. The molecule has 0 aliphatic carbocycles. The molecule has 5 nitrogen and oxygen atoms in total. The number of amides is 1. The van der Waals surface area contributed by atoms with Crippen LogP contribution in [0.3, 0.4) is 0 Å². The molecule has 0 saturated carbocycles. The summed E-state index contributed by atoms with van der Waals surface area (Å²) >= 11 is 0. The van der Waals surface area contributed by atoms with Crippen LogP contribution in [-0.2, 0) is 4.79 Å². The van der Waals surface area contributed by atoms with Gasteiger partial charge in [0.2, 0.25) is 5.91 Å². The van der Waals surface area contributed by atoms with Gasteiger partial charge in [0.1, 0.15) is 0 Å². The minimum absolute atomic E-state index is 0.155. The van der Waals surface area contributed by atoms with Gasteiger partial charge in [-0.1, -0.05) is 18.2 Å². The van der Waals surface area contributed by atoms with Crippen molar-refractivity contribution in [2.24, 2.45) is 5.84 Å². The summed E-state index contributed by atoms with van der Waals surface area (Å²) in [4.78, 5) is 13.5. The highest BCUT2D eigenvalue weighted by Crippen LogP contribution is 2.22. The number of nitrogens with two attached hydrogens (primary N) is 1. The van der Waals surface area contributed by atoms with Gasteiger partial charge in [-0.2, -0.15) is 0 Å². The standard InChI is InChI=1S/C18H24N4O/c1-14(2)22(13-12-18(23)21-19)17-10-8-16(9-11-17)20-15-6-4-3-5-7-15/h3-11,14,20H,12-13,19H2,1-2H3,(H,21,23). The van der Waals surface area contributed by atoms with Crippen molar-refractivity contribution in [3.8, 4) is 0 Å². The molecule has 0 atom stereocenters. The smallest absolute Gasteiger partial charge is 0.235 e. The molecule has 4 N–H and O–H groups in total. The first-order chi connectivity index (χ1) is 11.1. The van der Waals surface area contributed by atoms with E-state index in [2.05, 4.69) is 41.6 Å². The Morgan fingerprint density at radius 3 is 2.22 bits per heavy atom. The zero-order valence-electron chi connectivity index (χ0n) is 13.6. The number of benzene rings is 2. The maximum Gasteiger partial charge on any atom is 0.235 e. The summed E-state index contributed by atoms with van der Waals surface area (Å²) < 4.78 is 0. The number of rotatable bonds is 7. The lowest BCUT2D eigenvalue weighted by Gasteiger charge is -2.29.